The van der Waals surface area contributed by atoms with Crippen LogP contribution in [0.4, 0.5) is 0 Å². The van der Waals surface area contributed by atoms with Crippen LogP contribution < -0.4 is 15.3 Å². The van der Waals surface area contributed by atoms with Gasteiger partial charge in [0.2, 0.25) is 6.73 Å². The zero-order valence-electron chi connectivity index (χ0n) is 14.3. The molecule has 2 aromatic carbocycles. The Hall–Kier alpha value is -2.01. The van der Waals surface area contributed by atoms with E-state index in [1.54, 1.807) is 6.07 Å². The first kappa shape index (κ1) is 17.4. The maximum atomic E-state index is 11.8. The van der Waals surface area contributed by atoms with E-state index in [2.05, 4.69) is 0 Å². The van der Waals surface area contributed by atoms with E-state index in [1.165, 1.54) is 11.0 Å². The molecule has 0 amide bonds. The molecule has 4 rings (SSSR count). The molecular weight excluding hydrogens is 373 g/mol. The van der Waals surface area contributed by atoms with Crippen molar-refractivity contribution in [1.82, 2.24) is 0 Å². The van der Waals surface area contributed by atoms with Crippen molar-refractivity contribution in [2.24, 2.45) is 0 Å². The summed E-state index contributed by atoms with van der Waals surface area (Å²) in [6.07, 6.45) is 0.817. The van der Waals surface area contributed by atoms with Crippen molar-refractivity contribution in [2.75, 3.05) is 13.3 Å². The summed E-state index contributed by atoms with van der Waals surface area (Å²) in [5.74, 6) is 0.791. The number of nitrogens with one attached hydrogen (secondary N) is 1. The van der Waals surface area contributed by atoms with Gasteiger partial charge < -0.3 is 9.15 Å². The van der Waals surface area contributed by atoms with E-state index in [4.69, 9.17) is 32.4 Å². The summed E-state index contributed by atoms with van der Waals surface area (Å²) < 4.78 is 11.4. The van der Waals surface area contributed by atoms with Crippen LogP contribution in [0.25, 0.3) is 11.0 Å². The zero-order valence-corrected chi connectivity index (χ0v) is 15.8. The SMILES string of the molecule is Cc1cc(=O)oc2c3c(ccc12)OC[NH+](CCc1ccc(Cl)cc1Cl)C3. The minimum atomic E-state index is -0.330. The monoisotopic (exact) mass is 390 g/mol. The third-order valence-electron chi connectivity index (χ3n) is 4.80. The van der Waals surface area contributed by atoms with E-state index in [0.29, 0.717) is 22.4 Å². The van der Waals surface area contributed by atoms with Gasteiger partial charge in [-0.25, -0.2) is 4.79 Å². The Morgan fingerprint density at radius 3 is 2.81 bits per heavy atom. The van der Waals surface area contributed by atoms with Gasteiger partial charge in [0, 0.05) is 27.9 Å². The van der Waals surface area contributed by atoms with Crippen LogP contribution in [0.5, 0.6) is 5.75 Å². The molecule has 4 nitrogen and oxygen atoms in total. The lowest BCUT2D eigenvalue weighted by atomic mass is 10.0. The molecule has 134 valence electrons. The van der Waals surface area contributed by atoms with Crippen molar-refractivity contribution >= 4 is 34.2 Å². The molecule has 3 aromatic rings. The molecule has 1 aliphatic rings. The van der Waals surface area contributed by atoms with E-state index < -0.39 is 0 Å². The lowest BCUT2D eigenvalue weighted by Crippen LogP contribution is -3.12. The summed E-state index contributed by atoms with van der Waals surface area (Å²) in [7, 11) is 0. The van der Waals surface area contributed by atoms with Gasteiger partial charge in [0.05, 0.1) is 12.1 Å². The summed E-state index contributed by atoms with van der Waals surface area (Å²) >= 11 is 12.2. The standard InChI is InChI=1S/C20H17Cl2NO3/c1-12-8-19(24)26-20-15(12)4-5-18-16(20)10-23(11-25-18)7-6-13-2-3-14(21)9-17(13)22/h2-5,8-9H,6-7,10-11H2,1H3/p+1. The van der Waals surface area contributed by atoms with Crippen molar-refractivity contribution in [1.29, 1.82) is 0 Å². The zero-order chi connectivity index (χ0) is 18.3. The van der Waals surface area contributed by atoms with Gasteiger partial charge in [0.25, 0.3) is 0 Å². The van der Waals surface area contributed by atoms with E-state index in [9.17, 15) is 4.79 Å². The molecule has 1 atom stereocenters. The van der Waals surface area contributed by atoms with Gasteiger partial charge in [-0.15, -0.1) is 0 Å². The minimum absolute atomic E-state index is 0.330. The number of rotatable bonds is 3. The van der Waals surface area contributed by atoms with Crippen LogP contribution in [0.2, 0.25) is 10.0 Å². The molecule has 6 heteroatoms. The predicted octanol–water partition coefficient (Wildman–Crippen LogP) is 3.39. The average Bonchev–Trinajstić information content (AvgIpc) is 2.60. The van der Waals surface area contributed by atoms with Crippen LogP contribution in [0, 0.1) is 6.92 Å². The number of hydrogen-bond acceptors (Lipinski definition) is 3. The fraction of sp³-hybridized carbons (Fsp3) is 0.250. The van der Waals surface area contributed by atoms with Crippen LogP contribution >= 0.6 is 23.2 Å². The molecule has 1 aromatic heterocycles. The number of ether oxygens (including phenoxy) is 1. The second-order valence-electron chi connectivity index (χ2n) is 6.62. The van der Waals surface area contributed by atoms with E-state index in [1.807, 2.05) is 31.2 Å². The first-order valence-corrected chi connectivity index (χ1v) is 9.23. The van der Waals surface area contributed by atoms with Gasteiger partial charge in [-0.1, -0.05) is 29.3 Å². The van der Waals surface area contributed by atoms with Crippen molar-refractivity contribution in [3.05, 3.63) is 73.6 Å². The number of quaternary nitrogens is 1. The maximum Gasteiger partial charge on any atom is 0.336 e. The Morgan fingerprint density at radius 1 is 1.15 bits per heavy atom. The number of fused-ring (bicyclic) bond motifs is 3. The van der Waals surface area contributed by atoms with Crippen molar-refractivity contribution in [3.63, 3.8) is 0 Å². The Morgan fingerprint density at radius 2 is 2.00 bits per heavy atom. The van der Waals surface area contributed by atoms with Gasteiger partial charge in [0.15, 0.2) is 5.58 Å². The summed E-state index contributed by atoms with van der Waals surface area (Å²) in [6.45, 7) is 4.08. The molecule has 1 unspecified atom stereocenters. The Kier molecular flexibility index (Phi) is 4.65. The van der Waals surface area contributed by atoms with Crippen LogP contribution in [0.15, 0.2) is 45.6 Å². The normalized spacial score (nSPS) is 16.3. The quantitative estimate of drug-likeness (QED) is 0.697. The molecule has 1 N–H and O–H groups in total. The van der Waals surface area contributed by atoms with Crippen molar-refractivity contribution in [2.45, 2.75) is 19.9 Å². The Bertz CT molecular complexity index is 1050. The third-order valence-corrected chi connectivity index (χ3v) is 5.39. The van der Waals surface area contributed by atoms with Crippen LogP contribution in [0.1, 0.15) is 16.7 Å². The second-order valence-corrected chi connectivity index (χ2v) is 7.46. The van der Waals surface area contributed by atoms with E-state index in [-0.39, 0.29) is 5.63 Å². The molecule has 1 aliphatic heterocycles. The van der Waals surface area contributed by atoms with Gasteiger partial charge in [0.1, 0.15) is 12.3 Å². The summed E-state index contributed by atoms with van der Waals surface area (Å²) in [4.78, 5) is 13.1. The minimum Gasteiger partial charge on any atom is -0.445 e. The van der Waals surface area contributed by atoms with Gasteiger partial charge in [-0.3, -0.25) is 4.90 Å². The fourth-order valence-electron chi connectivity index (χ4n) is 3.40. The molecule has 0 radical (unpaired) electrons. The highest BCUT2D eigenvalue weighted by atomic mass is 35.5. The van der Waals surface area contributed by atoms with Crippen LogP contribution in [-0.4, -0.2) is 13.3 Å². The van der Waals surface area contributed by atoms with Gasteiger partial charge in [-0.2, -0.15) is 0 Å². The first-order valence-electron chi connectivity index (χ1n) is 8.48. The van der Waals surface area contributed by atoms with Crippen molar-refractivity contribution < 1.29 is 14.1 Å². The molecular formula is C20H18Cl2NO3+. The Balaban J connectivity index is 1.59. The highest BCUT2D eigenvalue weighted by Gasteiger charge is 2.24. The molecule has 2 heterocycles. The summed E-state index contributed by atoms with van der Waals surface area (Å²) in [6, 6.07) is 11.0. The molecule has 0 spiro atoms. The van der Waals surface area contributed by atoms with Crippen LogP contribution in [0.3, 0.4) is 0 Å². The first-order chi connectivity index (χ1) is 12.5. The number of benzene rings is 2. The third kappa shape index (κ3) is 3.32. The molecule has 0 fully saturated rings. The number of halogens is 2. The molecule has 0 aliphatic carbocycles. The predicted molar refractivity (Wildman–Crippen MR) is 102 cm³/mol. The molecule has 0 saturated carbocycles. The lowest BCUT2D eigenvalue weighted by Gasteiger charge is -2.26. The fourth-order valence-corrected chi connectivity index (χ4v) is 3.90. The number of aryl methyl sites for hydroxylation is 1. The smallest absolute Gasteiger partial charge is 0.336 e. The highest BCUT2D eigenvalue weighted by Crippen LogP contribution is 2.29. The largest absolute Gasteiger partial charge is 0.445 e. The molecule has 26 heavy (non-hydrogen) atoms. The second kappa shape index (κ2) is 6.95. The average molecular weight is 391 g/mol. The lowest BCUT2D eigenvalue weighted by molar-refractivity contribution is -0.932. The summed E-state index contributed by atoms with van der Waals surface area (Å²) in [5, 5.41) is 2.27. The van der Waals surface area contributed by atoms with Crippen LogP contribution in [-0.2, 0) is 13.0 Å². The highest BCUT2D eigenvalue weighted by molar-refractivity contribution is 6.35. The maximum absolute atomic E-state index is 11.8. The van der Waals surface area contributed by atoms with Gasteiger partial charge >= 0.3 is 5.63 Å². The number of hydrogen-bond donors (Lipinski definition) is 1. The van der Waals surface area contributed by atoms with Gasteiger partial charge in [-0.05, 0) is 42.3 Å². The molecule has 0 saturated heterocycles. The van der Waals surface area contributed by atoms with E-state index >= 15 is 0 Å². The topological polar surface area (TPSA) is 43.9 Å². The van der Waals surface area contributed by atoms with Crippen molar-refractivity contribution in [3.8, 4) is 5.75 Å². The molecule has 0 bridgehead atoms. The van der Waals surface area contributed by atoms with E-state index in [0.717, 1.165) is 47.3 Å². The Labute approximate surface area is 160 Å². The summed E-state index contributed by atoms with van der Waals surface area (Å²) in [5.41, 5.74) is 3.23.